The van der Waals surface area contributed by atoms with Crippen LogP contribution in [0.3, 0.4) is 0 Å². The highest BCUT2D eigenvalue weighted by molar-refractivity contribution is 9.10. The highest BCUT2D eigenvalue weighted by atomic mass is 79.9. The summed E-state index contributed by atoms with van der Waals surface area (Å²) < 4.78 is 12.3. The van der Waals surface area contributed by atoms with Gasteiger partial charge in [-0.25, -0.2) is 0 Å². The van der Waals surface area contributed by atoms with Crippen molar-refractivity contribution in [2.24, 2.45) is 0 Å². The minimum Gasteiger partial charge on any atom is -0.493 e. The van der Waals surface area contributed by atoms with Crippen LogP contribution in [-0.2, 0) is 13.2 Å². The van der Waals surface area contributed by atoms with Crippen molar-refractivity contribution in [1.82, 2.24) is 10.6 Å². The van der Waals surface area contributed by atoms with E-state index in [2.05, 4.69) is 26.6 Å². The van der Waals surface area contributed by atoms with E-state index in [1.54, 1.807) is 26.2 Å². The van der Waals surface area contributed by atoms with Crippen LogP contribution >= 0.6 is 39.1 Å². The highest BCUT2D eigenvalue weighted by Gasteiger charge is 2.13. The Bertz CT molecular complexity index is 775. The van der Waals surface area contributed by atoms with Crippen LogP contribution in [0, 0.1) is 0 Å². The van der Waals surface area contributed by atoms with Crippen molar-refractivity contribution in [2.75, 3.05) is 26.7 Å². The van der Waals surface area contributed by atoms with Crippen LogP contribution in [0.4, 0.5) is 0 Å². The number of hydrogen-bond acceptors (Lipinski definition) is 5. The molecule has 0 aliphatic heterocycles. The molecular formula is C20H25BrCl2N2O3. The van der Waals surface area contributed by atoms with Gasteiger partial charge in [0.05, 0.1) is 17.7 Å². The van der Waals surface area contributed by atoms with Gasteiger partial charge in [0, 0.05) is 41.8 Å². The van der Waals surface area contributed by atoms with Crippen molar-refractivity contribution >= 4 is 39.1 Å². The van der Waals surface area contributed by atoms with E-state index in [-0.39, 0.29) is 6.10 Å². The maximum absolute atomic E-state index is 9.22. The molecule has 1 atom stereocenters. The van der Waals surface area contributed by atoms with Crippen LogP contribution in [0.5, 0.6) is 11.5 Å². The highest BCUT2D eigenvalue weighted by Crippen LogP contribution is 2.37. The topological polar surface area (TPSA) is 62.8 Å². The summed E-state index contributed by atoms with van der Waals surface area (Å²) in [5.41, 5.74) is 1.91. The van der Waals surface area contributed by atoms with Gasteiger partial charge < -0.3 is 25.2 Å². The molecule has 2 rings (SSSR count). The molecule has 0 radical (unpaired) electrons. The van der Waals surface area contributed by atoms with E-state index >= 15 is 0 Å². The number of benzene rings is 2. The smallest absolute Gasteiger partial charge is 0.175 e. The molecule has 28 heavy (non-hydrogen) atoms. The molecular weight excluding hydrogens is 467 g/mol. The fourth-order valence-electron chi connectivity index (χ4n) is 2.52. The molecule has 0 heterocycles. The van der Waals surface area contributed by atoms with Gasteiger partial charge in [-0.05, 0) is 52.7 Å². The standard InChI is InChI=1S/C20H25BrCl2N2O3/c1-13(26)10-24-5-6-25-11-14-7-17(21)20(19(8-14)27-2)28-12-15-3-4-16(22)9-18(15)23/h3-4,7-9,13,24-26H,5-6,10-12H2,1-2H3/t13-/m1/s1. The van der Waals surface area contributed by atoms with Crippen LogP contribution in [0.2, 0.25) is 10.0 Å². The fourth-order valence-corrected chi connectivity index (χ4v) is 3.59. The lowest BCUT2D eigenvalue weighted by molar-refractivity contribution is 0.191. The fraction of sp³-hybridized carbons (Fsp3) is 0.400. The maximum atomic E-state index is 9.22. The first-order valence-corrected chi connectivity index (χ1v) is 10.5. The van der Waals surface area contributed by atoms with Crippen molar-refractivity contribution in [3.63, 3.8) is 0 Å². The SMILES string of the molecule is COc1cc(CNCCNC[C@@H](C)O)cc(Br)c1OCc1ccc(Cl)cc1Cl. The maximum Gasteiger partial charge on any atom is 0.175 e. The molecule has 0 aliphatic rings. The first kappa shape index (κ1) is 23.3. The zero-order chi connectivity index (χ0) is 20.5. The van der Waals surface area contributed by atoms with Crippen LogP contribution in [0.25, 0.3) is 0 Å². The van der Waals surface area contributed by atoms with E-state index in [4.69, 9.17) is 32.7 Å². The average Bonchev–Trinajstić information content (AvgIpc) is 2.64. The van der Waals surface area contributed by atoms with Gasteiger partial charge in [0.2, 0.25) is 0 Å². The van der Waals surface area contributed by atoms with Crippen molar-refractivity contribution in [3.05, 3.63) is 56.0 Å². The Labute approximate surface area is 184 Å². The zero-order valence-corrected chi connectivity index (χ0v) is 19.0. The monoisotopic (exact) mass is 490 g/mol. The Morgan fingerprint density at radius 1 is 1.14 bits per heavy atom. The summed E-state index contributed by atoms with van der Waals surface area (Å²) in [4.78, 5) is 0. The molecule has 0 aliphatic carbocycles. The predicted octanol–water partition coefficient (Wildman–Crippen LogP) is 4.40. The first-order chi connectivity index (χ1) is 13.4. The van der Waals surface area contributed by atoms with Gasteiger partial charge in [-0.3, -0.25) is 0 Å². The van der Waals surface area contributed by atoms with E-state index in [9.17, 15) is 5.11 Å². The molecule has 0 fully saturated rings. The lowest BCUT2D eigenvalue weighted by atomic mass is 10.2. The molecule has 0 bridgehead atoms. The second-order valence-corrected chi connectivity index (χ2v) is 8.06. The van der Waals surface area contributed by atoms with Crippen LogP contribution in [-0.4, -0.2) is 38.0 Å². The minimum absolute atomic E-state index is 0.303. The molecule has 0 saturated heterocycles. The Hall–Kier alpha value is -1.02. The lowest BCUT2D eigenvalue weighted by Gasteiger charge is -2.15. The Balaban J connectivity index is 1.94. The minimum atomic E-state index is -0.337. The number of ether oxygens (including phenoxy) is 2. The molecule has 0 saturated carbocycles. The molecule has 2 aromatic rings. The summed E-state index contributed by atoms with van der Waals surface area (Å²) in [7, 11) is 1.61. The van der Waals surface area contributed by atoms with Crippen molar-refractivity contribution in [3.8, 4) is 11.5 Å². The molecule has 3 N–H and O–H groups in total. The summed E-state index contributed by atoms with van der Waals surface area (Å²) in [6, 6.07) is 9.26. The Morgan fingerprint density at radius 2 is 1.89 bits per heavy atom. The molecule has 2 aromatic carbocycles. The molecule has 0 aromatic heterocycles. The number of rotatable bonds is 11. The summed E-state index contributed by atoms with van der Waals surface area (Å²) >= 11 is 15.7. The normalized spacial score (nSPS) is 12.1. The van der Waals surface area contributed by atoms with Crippen LogP contribution in [0.1, 0.15) is 18.1 Å². The third-order valence-corrected chi connectivity index (χ3v) is 5.10. The molecule has 0 unspecified atom stereocenters. The lowest BCUT2D eigenvalue weighted by Crippen LogP contribution is -2.31. The second kappa shape index (κ2) is 11.9. The predicted molar refractivity (Wildman–Crippen MR) is 118 cm³/mol. The van der Waals surface area contributed by atoms with E-state index < -0.39 is 0 Å². The van der Waals surface area contributed by atoms with Gasteiger partial charge in [0.15, 0.2) is 11.5 Å². The second-order valence-electron chi connectivity index (χ2n) is 6.36. The van der Waals surface area contributed by atoms with Crippen LogP contribution < -0.4 is 20.1 Å². The summed E-state index contributed by atoms with van der Waals surface area (Å²) in [5.74, 6) is 1.26. The van der Waals surface area contributed by atoms with Gasteiger partial charge in [0.1, 0.15) is 6.61 Å². The zero-order valence-electron chi connectivity index (χ0n) is 15.9. The van der Waals surface area contributed by atoms with E-state index in [0.717, 1.165) is 28.7 Å². The number of aliphatic hydroxyl groups excluding tert-OH is 1. The summed E-state index contributed by atoms with van der Waals surface area (Å²) in [6.45, 7) is 4.91. The Morgan fingerprint density at radius 3 is 2.57 bits per heavy atom. The van der Waals surface area contributed by atoms with Gasteiger partial charge in [-0.15, -0.1) is 0 Å². The quantitative estimate of drug-likeness (QED) is 0.406. The van der Waals surface area contributed by atoms with Crippen LogP contribution in [0.15, 0.2) is 34.8 Å². The van der Waals surface area contributed by atoms with Gasteiger partial charge in [-0.1, -0.05) is 29.3 Å². The van der Waals surface area contributed by atoms with E-state index in [0.29, 0.717) is 41.2 Å². The third kappa shape index (κ3) is 7.43. The average molecular weight is 492 g/mol. The first-order valence-electron chi connectivity index (χ1n) is 8.93. The summed E-state index contributed by atoms with van der Waals surface area (Å²) in [6.07, 6.45) is -0.337. The number of methoxy groups -OCH3 is 1. The van der Waals surface area contributed by atoms with E-state index in [1.165, 1.54) is 0 Å². The van der Waals surface area contributed by atoms with Crippen molar-refractivity contribution in [2.45, 2.75) is 26.2 Å². The number of aliphatic hydroxyl groups is 1. The van der Waals surface area contributed by atoms with Gasteiger partial charge >= 0.3 is 0 Å². The number of halogens is 3. The molecule has 0 spiro atoms. The molecule has 0 amide bonds. The molecule has 5 nitrogen and oxygen atoms in total. The molecule has 154 valence electrons. The van der Waals surface area contributed by atoms with Gasteiger partial charge in [-0.2, -0.15) is 0 Å². The van der Waals surface area contributed by atoms with E-state index in [1.807, 2.05) is 18.2 Å². The largest absolute Gasteiger partial charge is 0.493 e. The Kier molecular flexibility index (Phi) is 9.85. The summed E-state index contributed by atoms with van der Waals surface area (Å²) in [5, 5.41) is 16.9. The number of nitrogens with one attached hydrogen (secondary N) is 2. The van der Waals surface area contributed by atoms with Gasteiger partial charge in [0.25, 0.3) is 0 Å². The molecule has 8 heteroatoms. The van der Waals surface area contributed by atoms with Crippen molar-refractivity contribution in [1.29, 1.82) is 0 Å². The van der Waals surface area contributed by atoms with Crippen molar-refractivity contribution < 1.29 is 14.6 Å². The third-order valence-electron chi connectivity index (χ3n) is 3.92. The number of hydrogen-bond donors (Lipinski definition) is 3.